The zero-order valence-corrected chi connectivity index (χ0v) is 10.6. The van der Waals surface area contributed by atoms with Crippen LogP contribution in [0.4, 0.5) is 0 Å². The van der Waals surface area contributed by atoms with Gasteiger partial charge in [-0.25, -0.2) is 4.98 Å². The van der Waals surface area contributed by atoms with Crippen LogP contribution in [0.15, 0.2) is 24.4 Å². The number of carboxylic acid groups (broad SMARTS) is 1. The van der Waals surface area contributed by atoms with Crippen LogP contribution in [0.25, 0.3) is 11.4 Å². The Morgan fingerprint density at radius 1 is 1.26 bits per heavy atom. The second-order valence-corrected chi connectivity index (χ2v) is 3.93. The fraction of sp³-hybridized carbons (Fsp3) is 0.231. The molecule has 0 amide bonds. The summed E-state index contributed by atoms with van der Waals surface area (Å²) >= 11 is 0. The van der Waals surface area contributed by atoms with Crippen LogP contribution in [0.2, 0.25) is 0 Å². The fourth-order valence-electron chi connectivity index (χ4n) is 1.70. The minimum atomic E-state index is -0.904. The smallest absolute Gasteiger partial charge is 0.309 e. The standard InChI is InChI=1S/C13H14N2O4/c1-18-10-3-8(4-11(6-10)19-2)13-14-7-9(15-13)5-12(16)17/h3-4,6-7H,5H2,1-2H3,(H,14,15)(H,16,17). The lowest BCUT2D eigenvalue weighted by Gasteiger charge is -2.06. The molecule has 2 rings (SSSR count). The van der Waals surface area contributed by atoms with Gasteiger partial charge in [-0.15, -0.1) is 0 Å². The molecular weight excluding hydrogens is 248 g/mol. The van der Waals surface area contributed by atoms with Gasteiger partial charge < -0.3 is 19.6 Å². The summed E-state index contributed by atoms with van der Waals surface area (Å²) in [6.07, 6.45) is 1.42. The van der Waals surface area contributed by atoms with Gasteiger partial charge in [0.1, 0.15) is 17.3 Å². The third kappa shape index (κ3) is 3.04. The molecule has 1 aromatic carbocycles. The molecule has 19 heavy (non-hydrogen) atoms. The zero-order chi connectivity index (χ0) is 13.8. The van der Waals surface area contributed by atoms with Crippen LogP contribution in [-0.2, 0) is 11.2 Å². The summed E-state index contributed by atoms with van der Waals surface area (Å²) in [6, 6.07) is 5.35. The number of hydrogen-bond donors (Lipinski definition) is 2. The molecular formula is C13H14N2O4. The van der Waals surface area contributed by atoms with Crippen molar-refractivity contribution >= 4 is 5.97 Å². The molecule has 2 aromatic rings. The van der Waals surface area contributed by atoms with Crippen molar-refractivity contribution in [2.24, 2.45) is 0 Å². The van der Waals surface area contributed by atoms with Crippen LogP contribution in [0.3, 0.4) is 0 Å². The molecule has 100 valence electrons. The van der Waals surface area contributed by atoms with Gasteiger partial charge in [0.2, 0.25) is 0 Å². The molecule has 0 aliphatic heterocycles. The monoisotopic (exact) mass is 262 g/mol. The van der Waals surface area contributed by atoms with Crippen LogP contribution < -0.4 is 9.47 Å². The van der Waals surface area contributed by atoms with Gasteiger partial charge >= 0.3 is 5.97 Å². The number of nitrogens with zero attached hydrogens (tertiary/aromatic N) is 1. The van der Waals surface area contributed by atoms with Crippen molar-refractivity contribution in [1.82, 2.24) is 9.97 Å². The normalized spacial score (nSPS) is 10.2. The number of aromatic nitrogens is 2. The Morgan fingerprint density at radius 3 is 2.42 bits per heavy atom. The highest BCUT2D eigenvalue weighted by Crippen LogP contribution is 2.28. The van der Waals surface area contributed by atoms with Gasteiger partial charge in [-0.2, -0.15) is 0 Å². The maximum Gasteiger partial charge on any atom is 0.309 e. The Morgan fingerprint density at radius 2 is 1.89 bits per heavy atom. The Labute approximate surface area is 110 Å². The van der Waals surface area contributed by atoms with Gasteiger partial charge in [0.05, 0.1) is 20.6 Å². The van der Waals surface area contributed by atoms with E-state index in [0.29, 0.717) is 23.0 Å². The lowest BCUT2D eigenvalue weighted by atomic mass is 10.2. The number of aromatic amines is 1. The number of imidazole rings is 1. The maximum absolute atomic E-state index is 10.6. The number of rotatable bonds is 5. The molecule has 0 saturated heterocycles. The number of H-pyrrole nitrogens is 1. The summed E-state index contributed by atoms with van der Waals surface area (Å²) in [5.41, 5.74) is 1.32. The number of hydrogen-bond acceptors (Lipinski definition) is 4. The van der Waals surface area contributed by atoms with E-state index in [1.807, 2.05) is 0 Å². The minimum Gasteiger partial charge on any atom is -0.497 e. The quantitative estimate of drug-likeness (QED) is 0.857. The molecule has 0 saturated carbocycles. The van der Waals surface area contributed by atoms with Crippen LogP contribution in [0.1, 0.15) is 5.69 Å². The first-order valence-corrected chi connectivity index (χ1v) is 5.61. The Kier molecular flexibility index (Phi) is 3.70. The molecule has 0 aliphatic carbocycles. The van der Waals surface area contributed by atoms with Gasteiger partial charge in [-0.05, 0) is 12.1 Å². The Balaban J connectivity index is 2.35. The average molecular weight is 262 g/mol. The van der Waals surface area contributed by atoms with E-state index in [2.05, 4.69) is 9.97 Å². The molecule has 0 spiro atoms. The summed E-state index contributed by atoms with van der Waals surface area (Å²) in [7, 11) is 3.13. The van der Waals surface area contributed by atoms with E-state index in [1.165, 1.54) is 6.20 Å². The molecule has 0 bridgehead atoms. The molecule has 0 radical (unpaired) electrons. The third-order valence-corrected chi connectivity index (χ3v) is 2.60. The summed E-state index contributed by atoms with van der Waals surface area (Å²) in [4.78, 5) is 17.7. The Bertz CT molecular complexity index is 570. The molecule has 6 nitrogen and oxygen atoms in total. The number of benzene rings is 1. The van der Waals surface area contributed by atoms with E-state index in [1.54, 1.807) is 32.4 Å². The predicted molar refractivity (Wildman–Crippen MR) is 68.5 cm³/mol. The van der Waals surface area contributed by atoms with Crippen molar-refractivity contribution in [1.29, 1.82) is 0 Å². The first kappa shape index (κ1) is 12.9. The molecule has 1 aromatic heterocycles. The highest BCUT2D eigenvalue weighted by atomic mass is 16.5. The van der Waals surface area contributed by atoms with Crippen molar-refractivity contribution < 1.29 is 19.4 Å². The Hall–Kier alpha value is -2.50. The topological polar surface area (TPSA) is 84.4 Å². The molecule has 0 fully saturated rings. The van der Waals surface area contributed by atoms with Crippen LogP contribution in [0, 0.1) is 0 Å². The van der Waals surface area contributed by atoms with Crippen molar-refractivity contribution in [2.75, 3.05) is 14.2 Å². The average Bonchev–Trinajstić information content (AvgIpc) is 2.85. The lowest BCUT2D eigenvalue weighted by molar-refractivity contribution is -0.136. The van der Waals surface area contributed by atoms with E-state index >= 15 is 0 Å². The molecule has 1 heterocycles. The van der Waals surface area contributed by atoms with Gasteiger partial charge in [-0.1, -0.05) is 0 Å². The SMILES string of the molecule is COc1cc(OC)cc(-c2ncc(CC(=O)O)[nH]2)c1. The van der Waals surface area contributed by atoms with E-state index in [9.17, 15) is 4.79 Å². The number of ether oxygens (including phenoxy) is 2. The van der Waals surface area contributed by atoms with Crippen molar-refractivity contribution in [2.45, 2.75) is 6.42 Å². The molecule has 0 unspecified atom stereocenters. The largest absolute Gasteiger partial charge is 0.497 e. The zero-order valence-electron chi connectivity index (χ0n) is 10.6. The van der Waals surface area contributed by atoms with Gasteiger partial charge in [0, 0.05) is 23.5 Å². The maximum atomic E-state index is 10.6. The van der Waals surface area contributed by atoms with Gasteiger partial charge in [0.25, 0.3) is 0 Å². The van der Waals surface area contributed by atoms with E-state index in [-0.39, 0.29) is 6.42 Å². The third-order valence-electron chi connectivity index (χ3n) is 2.60. The summed E-state index contributed by atoms with van der Waals surface area (Å²) in [5, 5.41) is 8.72. The van der Waals surface area contributed by atoms with Gasteiger partial charge in [0.15, 0.2) is 0 Å². The predicted octanol–water partition coefficient (Wildman–Crippen LogP) is 1.72. The summed E-state index contributed by atoms with van der Waals surface area (Å²) in [5.74, 6) is 0.961. The second kappa shape index (κ2) is 5.43. The molecule has 6 heteroatoms. The van der Waals surface area contributed by atoms with E-state index < -0.39 is 5.97 Å². The van der Waals surface area contributed by atoms with Crippen molar-refractivity contribution in [3.8, 4) is 22.9 Å². The fourth-order valence-corrected chi connectivity index (χ4v) is 1.70. The number of carboxylic acids is 1. The highest BCUT2D eigenvalue weighted by molar-refractivity contribution is 5.70. The van der Waals surface area contributed by atoms with E-state index in [0.717, 1.165) is 5.56 Å². The minimum absolute atomic E-state index is 0.0892. The number of methoxy groups -OCH3 is 2. The lowest BCUT2D eigenvalue weighted by Crippen LogP contribution is -1.99. The second-order valence-electron chi connectivity index (χ2n) is 3.93. The first-order valence-electron chi connectivity index (χ1n) is 5.61. The number of aliphatic carboxylic acids is 1. The van der Waals surface area contributed by atoms with Crippen molar-refractivity contribution in [3.63, 3.8) is 0 Å². The highest BCUT2D eigenvalue weighted by Gasteiger charge is 2.09. The van der Waals surface area contributed by atoms with Crippen molar-refractivity contribution in [3.05, 3.63) is 30.1 Å². The molecule has 2 N–H and O–H groups in total. The molecule has 0 atom stereocenters. The van der Waals surface area contributed by atoms with E-state index in [4.69, 9.17) is 14.6 Å². The molecule has 0 aliphatic rings. The number of carbonyl (C=O) groups is 1. The van der Waals surface area contributed by atoms with Crippen LogP contribution in [0.5, 0.6) is 11.5 Å². The summed E-state index contributed by atoms with van der Waals surface area (Å²) in [6.45, 7) is 0. The van der Waals surface area contributed by atoms with Crippen LogP contribution in [-0.4, -0.2) is 35.3 Å². The first-order chi connectivity index (χ1) is 9.12. The number of nitrogens with one attached hydrogen (secondary N) is 1. The van der Waals surface area contributed by atoms with Gasteiger partial charge in [-0.3, -0.25) is 4.79 Å². The van der Waals surface area contributed by atoms with Crippen LogP contribution >= 0.6 is 0 Å². The summed E-state index contributed by atoms with van der Waals surface area (Å²) < 4.78 is 10.3.